The maximum Gasteiger partial charge on any atom is 0.273 e. The molecule has 1 saturated heterocycles. The minimum Gasteiger partial charge on any atom is -0.360 e. The Labute approximate surface area is 120 Å². The molecule has 1 amide bonds. The van der Waals surface area contributed by atoms with Gasteiger partial charge in [-0.3, -0.25) is 4.79 Å². The Bertz CT molecular complexity index is 440. The molecule has 1 saturated carbocycles. The third-order valence-electron chi connectivity index (χ3n) is 3.47. The molecule has 5 heteroatoms. The highest BCUT2D eigenvalue weighted by atomic mass is 16.5. The van der Waals surface area contributed by atoms with E-state index in [-0.39, 0.29) is 11.9 Å². The van der Waals surface area contributed by atoms with Gasteiger partial charge in [0.15, 0.2) is 5.69 Å². The third kappa shape index (κ3) is 4.07. The molecule has 0 bridgehead atoms. The molecule has 1 aromatic heterocycles. The van der Waals surface area contributed by atoms with Gasteiger partial charge in [-0.1, -0.05) is 25.4 Å². The van der Waals surface area contributed by atoms with E-state index in [1.54, 1.807) is 6.07 Å². The van der Waals surface area contributed by atoms with Crippen molar-refractivity contribution in [3.63, 3.8) is 0 Å². The van der Waals surface area contributed by atoms with Crippen LogP contribution in [0.3, 0.4) is 0 Å². The highest BCUT2D eigenvalue weighted by Gasteiger charge is 2.29. The van der Waals surface area contributed by atoms with Crippen LogP contribution in [-0.4, -0.2) is 42.1 Å². The molecule has 2 heterocycles. The van der Waals surface area contributed by atoms with E-state index >= 15 is 0 Å². The summed E-state index contributed by atoms with van der Waals surface area (Å²) < 4.78 is 5.17. The van der Waals surface area contributed by atoms with Crippen LogP contribution in [0.1, 0.15) is 61.7 Å². The number of rotatable bonds is 3. The predicted octanol–water partition coefficient (Wildman–Crippen LogP) is 2.40. The van der Waals surface area contributed by atoms with Crippen molar-refractivity contribution in [2.75, 3.05) is 20.1 Å². The summed E-state index contributed by atoms with van der Waals surface area (Å²) >= 11 is 0. The predicted molar refractivity (Wildman–Crippen MR) is 77.8 cm³/mol. The van der Waals surface area contributed by atoms with Crippen molar-refractivity contribution in [1.29, 1.82) is 0 Å². The molecule has 2 aliphatic rings. The molecule has 3 rings (SSSR count). The smallest absolute Gasteiger partial charge is 0.273 e. The first-order chi connectivity index (χ1) is 9.63. The highest BCUT2D eigenvalue weighted by molar-refractivity contribution is 5.92. The van der Waals surface area contributed by atoms with Crippen LogP contribution < -0.4 is 5.32 Å². The Morgan fingerprint density at radius 2 is 2.15 bits per heavy atom. The number of nitrogens with one attached hydrogen (secondary N) is 1. The molecule has 1 atom stereocenters. The Kier molecular flexibility index (Phi) is 5.17. The van der Waals surface area contributed by atoms with Crippen LogP contribution in [0, 0.1) is 0 Å². The summed E-state index contributed by atoms with van der Waals surface area (Å²) in [6.07, 6.45) is 4.57. The lowest BCUT2D eigenvalue weighted by molar-refractivity contribution is 0.0929. The first-order valence-corrected chi connectivity index (χ1v) is 7.60. The summed E-state index contributed by atoms with van der Waals surface area (Å²) in [6.45, 7) is 6.20. The molecule has 20 heavy (non-hydrogen) atoms. The van der Waals surface area contributed by atoms with Gasteiger partial charge in [-0.25, -0.2) is 0 Å². The summed E-state index contributed by atoms with van der Waals surface area (Å²) in [5.74, 6) is 1.25. The van der Waals surface area contributed by atoms with Crippen LogP contribution in [0.15, 0.2) is 10.6 Å². The maximum atomic E-state index is 11.9. The Morgan fingerprint density at radius 3 is 2.70 bits per heavy atom. The fourth-order valence-corrected chi connectivity index (χ4v) is 2.27. The van der Waals surface area contributed by atoms with E-state index in [0.29, 0.717) is 11.6 Å². The number of carbonyl (C=O) groups is 1. The fourth-order valence-electron chi connectivity index (χ4n) is 2.27. The second-order valence-electron chi connectivity index (χ2n) is 5.82. The molecule has 1 unspecified atom stereocenters. The lowest BCUT2D eigenvalue weighted by atomic mass is 10.2. The minimum atomic E-state index is -0.110. The van der Waals surface area contributed by atoms with E-state index in [4.69, 9.17) is 4.52 Å². The number of likely N-dealkylation sites (tertiary alicyclic amines) is 1. The average Bonchev–Trinajstić information content (AvgIpc) is 2.99. The van der Waals surface area contributed by atoms with Crippen LogP contribution in [0.2, 0.25) is 0 Å². The molecule has 0 aromatic carbocycles. The van der Waals surface area contributed by atoms with Crippen molar-refractivity contribution in [3.8, 4) is 0 Å². The number of likely N-dealkylation sites (N-methyl/N-ethyl adjacent to an activating group) is 1. The van der Waals surface area contributed by atoms with Crippen LogP contribution in [0.25, 0.3) is 0 Å². The number of amides is 1. The lowest BCUT2D eigenvalue weighted by Crippen LogP contribution is -2.36. The number of carbonyl (C=O) groups excluding carboxylic acids is 1. The quantitative estimate of drug-likeness (QED) is 0.923. The molecule has 1 aliphatic heterocycles. The van der Waals surface area contributed by atoms with E-state index in [1.807, 2.05) is 0 Å². The highest BCUT2D eigenvalue weighted by Crippen LogP contribution is 2.40. The summed E-state index contributed by atoms with van der Waals surface area (Å²) in [5, 5.41) is 6.83. The second-order valence-corrected chi connectivity index (χ2v) is 5.82. The van der Waals surface area contributed by atoms with Gasteiger partial charge in [0.2, 0.25) is 0 Å². The van der Waals surface area contributed by atoms with Crippen molar-refractivity contribution in [2.24, 2.45) is 0 Å². The minimum absolute atomic E-state index is 0.110. The number of hydrogen-bond donors (Lipinski definition) is 1. The lowest BCUT2D eigenvalue weighted by Gasteiger charge is -2.11. The Morgan fingerprint density at radius 1 is 1.45 bits per heavy atom. The second kappa shape index (κ2) is 6.88. The van der Waals surface area contributed by atoms with E-state index in [1.165, 1.54) is 6.42 Å². The zero-order chi connectivity index (χ0) is 14.5. The zero-order valence-electron chi connectivity index (χ0n) is 12.7. The molecule has 0 radical (unpaired) electrons. The number of aromatic nitrogens is 1. The van der Waals surface area contributed by atoms with E-state index in [0.717, 1.165) is 38.1 Å². The first kappa shape index (κ1) is 15.0. The maximum absolute atomic E-state index is 11.9. The van der Waals surface area contributed by atoms with E-state index in [9.17, 15) is 4.79 Å². The first-order valence-electron chi connectivity index (χ1n) is 7.60. The molecule has 1 aliphatic carbocycles. The topological polar surface area (TPSA) is 58.4 Å². The molecule has 112 valence electrons. The van der Waals surface area contributed by atoms with Gasteiger partial charge in [-0.2, -0.15) is 0 Å². The van der Waals surface area contributed by atoms with Crippen molar-refractivity contribution in [2.45, 2.75) is 51.5 Å². The summed E-state index contributed by atoms with van der Waals surface area (Å²) in [4.78, 5) is 14.1. The average molecular weight is 279 g/mol. The fraction of sp³-hybridized carbons (Fsp3) is 0.733. The van der Waals surface area contributed by atoms with Gasteiger partial charge in [-0.15, -0.1) is 0 Å². The SMILES string of the molecule is CCC.CN1CCC(NC(=O)c2cc(C3CC3)on2)C1. The Balaban J connectivity index is 0.000000452. The van der Waals surface area contributed by atoms with Crippen molar-refractivity contribution in [1.82, 2.24) is 15.4 Å². The van der Waals surface area contributed by atoms with Crippen LogP contribution in [-0.2, 0) is 0 Å². The van der Waals surface area contributed by atoms with Gasteiger partial charge in [0.05, 0.1) is 0 Å². The molecule has 1 aromatic rings. The van der Waals surface area contributed by atoms with Gasteiger partial charge in [-0.05, 0) is 32.9 Å². The van der Waals surface area contributed by atoms with Gasteiger partial charge in [0.1, 0.15) is 5.76 Å². The van der Waals surface area contributed by atoms with Gasteiger partial charge in [0, 0.05) is 24.6 Å². The standard InChI is InChI=1S/C12H17N3O2.C3H8/c1-15-5-4-9(7-15)13-12(16)10-6-11(17-14-10)8-2-3-8;1-3-2/h6,8-9H,2-5,7H2,1H3,(H,13,16);3H2,1-2H3. The van der Waals surface area contributed by atoms with E-state index in [2.05, 4.69) is 36.3 Å². The van der Waals surface area contributed by atoms with Crippen LogP contribution >= 0.6 is 0 Å². The van der Waals surface area contributed by atoms with Crippen LogP contribution in [0.4, 0.5) is 0 Å². The zero-order valence-corrected chi connectivity index (χ0v) is 12.7. The van der Waals surface area contributed by atoms with E-state index < -0.39 is 0 Å². The van der Waals surface area contributed by atoms with Crippen molar-refractivity contribution < 1.29 is 9.32 Å². The molecule has 1 N–H and O–H groups in total. The molecule has 0 spiro atoms. The van der Waals surface area contributed by atoms with Gasteiger partial charge >= 0.3 is 0 Å². The molecule has 2 fully saturated rings. The van der Waals surface area contributed by atoms with Gasteiger partial charge in [0.25, 0.3) is 5.91 Å². The Hall–Kier alpha value is -1.36. The molecular weight excluding hydrogens is 254 g/mol. The third-order valence-corrected chi connectivity index (χ3v) is 3.47. The summed E-state index contributed by atoms with van der Waals surface area (Å²) in [7, 11) is 2.06. The summed E-state index contributed by atoms with van der Waals surface area (Å²) in [6, 6.07) is 2.03. The molecular formula is C15H25N3O2. The molecule has 5 nitrogen and oxygen atoms in total. The summed E-state index contributed by atoms with van der Waals surface area (Å²) in [5.41, 5.74) is 0.418. The number of hydrogen-bond acceptors (Lipinski definition) is 4. The largest absolute Gasteiger partial charge is 0.360 e. The monoisotopic (exact) mass is 279 g/mol. The van der Waals surface area contributed by atoms with Crippen molar-refractivity contribution >= 4 is 5.91 Å². The van der Waals surface area contributed by atoms with Crippen LogP contribution in [0.5, 0.6) is 0 Å². The van der Waals surface area contributed by atoms with Crippen molar-refractivity contribution in [3.05, 3.63) is 17.5 Å². The normalized spacial score (nSPS) is 22.2. The van der Waals surface area contributed by atoms with Gasteiger partial charge < -0.3 is 14.7 Å². The number of nitrogens with zero attached hydrogens (tertiary/aromatic N) is 2.